The van der Waals surface area contributed by atoms with Crippen LogP contribution in [0.3, 0.4) is 0 Å². The van der Waals surface area contributed by atoms with Gasteiger partial charge in [-0.15, -0.1) is 0 Å². The van der Waals surface area contributed by atoms with Gasteiger partial charge in [0.05, 0.1) is 21.3 Å². The molecule has 0 saturated heterocycles. The molecule has 2 aromatic carbocycles. The van der Waals surface area contributed by atoms with Gasteiger partial charge in [0.15, 0.2) is 11.5 Å². The largest absolute Gasteiger partial charge is 0.493 e. The zero-order valence-corrected chi connectivity index (χ0v) is 17.4. The zero-order chi connectivity index (χ0) is 21.5. The summed E-state index contributed by atoms with van der Waals surface area (Å²) in [5, 5.41) is 0. The first-order chi connectivity index (χ1) is 14.6. The Bertz CT molecular complexity index is 1110. The predicted octanol–water partition coefficient (Wildman–Crippen LogP) is 3.39. The molecular weight excluding hydrogens is 382 g/mol. The first kappa shape index (κ1) is 20.9. The summed E-state index contributed by atoms with van der Waals surface area (Å²) < 4.78 is 23.4. The highest BCUT2D eigenvalue weighted by molar-refractivity contribution is 5.58. The maximum Gasteiger partial charge on any atom is 0.269 e. The monoisotopic (exact) mass is 405 g/mol. The minimum Gasteiger partial charge on any atom is -0.493 e. The third-order valence-electron chi connectivity index (χ3n) is 4.46. The number of rotatable bonds is 6. The molecule has 0 radical (unpaired) electrons. The highest BCUT2D eigenvalue weighted by Gasteiger charge is 2.13. The first-order valence-corrected chi connectivity index (χ1v) is 9.25. The van der Waals surface area contributed by atoms with E-state index in [4.69, 9.17) is 18.9 Å². The third-order valence-corrected chi connectivity index (χ3v) is 4.46. The molecule has 0 unspecified atom stereocenters. The minimum atomic E-state index is -0.236. The standard InChI is InChI=1S/C24H23NO5/c1-25-13-12-20(30-16-17-8-6-5-7-9-17)19(24(25)26)11-10-18-14-21(27-2)23(29-4)22(15-18)28-3/h5-9,12-15H,16H2,1-4H3. The second kappa shape index (κ2) is 9.57. The van der Waals surface area contributed by atoms with E-state index in [0.717, 1.165) is 5.56 Å². The molecule has 1 aromatic heterocycles. The summed E-state index contributed by atoms with van der Waals surface area (Å²) in [5.41, 5.74) is 1.66. The first-order valence-electron chi connectivity index (χ1n) is 9.25. The molecule has 154 valence electrons. The Morgan fingerprint density at radius 2 is 1.53 bits per heavy atom. The van der Waals surface area contributed by atoms with Crippen LogP contribution < -0.4 is 24.5 Å². The van der Waals surface area contributed by atoms with Crippen LogP contribution in [-0.2, 0) is 13.7 Å². The Balaban J connectivity index is 1.98. The van der Waals surface area contributed by atoms with Crippen LogP contribution in [0.5, 0.6) is 23.0 Å². The van der Waals surface area contributed by atoms with Crippen LogP contribution in [0.2, 0.25) is 0 Å². The summed E-state index contributed by atoms with van der Waals surface area (Å²) in [4.78, 5) is 12.7. The van der Waals surface area contributed by atoms with E-state index in [9.17, 15) is 4.79 Å². The van der Waals surface area contributed by atoms with E-state index in [1.54, 1.807) is 31.4 Å². The lowest BCUT2D eigenvalue weighted by Gasteiger charge is -2.12. The number of nitrogens with zero attached hydrogens (tertiary/aromatic N) is 1. The number of pyridine rings is 1. The van der Waals surface area contributed by atoms with Crippen molar-refractivity contribution in [1.29, 1.82) is 0 Å². The smallest absolute Gasteiger partial charge is 0.269 e. The molecular formula is C24H23NO5. The molecule has 0 spiro atoms. The fourth-order valence-electron chi connectivity index (χ4n) is 2.87. The van der Waals surface area contributed by atoms with Gasteiger partial charge in [-0.3, -0.25) is 4.79 Å². The molecule has 0 atom stereocenters. The molecule has 6 nitrogen and oxygen atoms in total. The summed E-state index contributed by atoms with van der Waals surface area (Å²) >= 11 is 0. The van der Waals surface area contributed by atoms with Crippen molar-refractivity contribution in [2.45, 2.75) is 6.61 Å². The van der Waals surface area contributed by atoms with Crippen molar-refractivity contribution in [3.63, 3.8) is 0 Å². The van der Waals surface area contributed by atoms with Crippen LogP contribution in [0.4, 0.5) is 0 Å². The summed E-state index contributed by atoms with van der Waals surface area (Å²) in [6, 6.07) is 14.9. The zero-order valence-electron chi connectivity index (χ0n) is 17.4. The molecule has 0 N–H and O–H groups in total. The molecule has 3 rings (SSSR count). The van der Waals surface area contributed by atoms with Crippen molar-refractivity contribution >= 4 is 0 Å². The van der Waals surface area contributed by atoms with Gasteiger partial charge in [-0.05, 0) is 23.8 Å². The van der Waals surface area contributed by atoms with Gasteiger partial charge in [0.2, 0.25) is 5.75 Å². The van der Waals surface area contributed by atoms with Crippen LogP contribution in [0, 0.1) is 11.8 Å². The topological polar surface area (TPSA) is 58.9 Å². The molecule has 3 aromatic rings. The van der Waals surface area contributed by atoms with Crippen LogP contribution in [0.25, 0.3) is 0 Å². The Morgan fingerprint density at radius 3 is 2.13 bits per heavy atom. The van der Waals surface area contributed by atoms with Crippen molar-refractivity contribution < 1.29 is 18.9 Å². The van der Waals surface area contributed by atoms with Crippen molar-refractivity contribution in [3.8, 4) is 34.8 Å². The van der Waals surface area contributed by atoms with Crippen molar-refractivity contribution in [2.24, 2.45) is 7.05 Å². The van der Waals surface area contributed by atoms with E-state index < -0.39 is 0 Å². The van der Waals surface area contributed by atoms with Crippen molar-refractivity contribution in [3.05, 3.63) is 81.8 Å². The van der Waals surface area contributed by atoms with Crippen molar-refractivity contribution in [2.75, 3.05) is 21.3 Å². The van der Waals surface area contributed by atoms with Gasteiger partial charge in [-0.1, -0.05) is 42.2 Å². The molecule has 0 saturated carbocycles. The fourth-order valence-corrected chi connectivity index (χ4v) is 2.87. The molecule has 1 heterocycles. The predicted molar refractivity (Wildman–Crippen MR) is 115 cm³/mol. The van der Waals surface area contributed by atoms with E-state index in [-0.39, 0.29) is 11.1 Å². The fraction of sp³-hybridized carbons (Fsp3) is 0.208. The van der Waals surface area contributed by atoms with Gasteiger partial charge in [0, 0.05) is 18.8 Å². The van der Waals surface area contributed by atoms with E-state index in [1.165, 1.54) is 25.9 Å². The summed E-state index contributed by atoms with van der Waals surface area (Å²) in [5.74, 6) is 7.85. The van der Waals surface area contributed by atoms with Gasteiger partial charge in [0.1, 0.15) is 17.9 Å². The van der Waals surface area contributed by atoms with E-state index in [1.807, 2.05) is 30.3 Å². The highest BCUT2D eigenvalue weighted by atomic mass is 16.5. The molecule has 0 bridgehead atoms. The molecule has 0 aliphatic rings. The normalized spacial score (nSPS) is 10.0. The quantitative estimate of drug-likeness (QED) is 0.589. The molecule has 0 fully saturated rings. The molecule has 0 aliphatic carbocycles. The summed E-state index contributed by atoms with van der Waals surface area (Å²) in [6.07, 6.45) is 1.66. The van der Waals surface area contributed by atoms with Crippen LogP contribution >= 0.6 is 0 Å². The SMILES string of the molecule is COc1cc(C#Cc2c(OCc3ccccc3)ccn(C)c2=O)cc(OC)c1OC. The Hall–Kier alpha value is -3.85. The Kier molecular flexibility index (Phi) is 6.66. The van der Waals surface area contributed by atoms with Gasteiger partial charge >= 0.3 is 0 Å². The molecule has 0 amide bonds. The number of aryl methyl sites for hydroxylation is 1. The number of hydrogen-bond acceptors (Lipinski definition) is 5. The van der Waals surface area contributed by atoms with Gasteiger partial charge < -0.3 is 23.5 Å². The number of aromatic nitrogens is 1. The Morgan fingerprint density at radius 1 is 0.867 bits per heavy atom. The van der Waals surface area contributed by atoms with E-state index >= 15 is 0 Å². The van der Waals surface area contributed by atoms with Gasteiger partial charge in [-0.2, -0.15) is 0 Å². The lowest BCUT2D eigenvalue weighted by atomic mass is 10.1. The maximum atomic E-state index is 12.7. The van der Waals surface area contributed by atoms with Crippen LogP contribution in [-0.4, -0.2) is 25.9 Å². The van der Waals surface area contributed by atoms with Gasteiger partial charge in [-0.25, -0.2) is 0 Å². The van der Waals surface area contributed by atoms with E-state index in [2.05, 4.69) is 11.8 Å². The average Bonchev–Trinajstić information content (AvgIpc) is 2.79. The number of benzene rings is 2. The molecule has 6 heteroatoms. The second-order valence-corrected chi connectivity index (χ2v) is 6.41. The van der Waals surface area contributed by atoms with Gasteiger partial charge in [0.25, 0.3) is 5.56 Å². The molecule has 30 heavy (non-hydrogen) atoms. The maximum absolute atomic E-state index is 12.7. The van der Waals surface area contributed by atoms with Crippen LogP contribution in [0.1, 0.15) is 16.7 Å². The highest BCUT2D eigenvalue weighted by Crippen LogP contribution is 2.37. The second-order valence-electron chi connectivity index (χ2n) is 6.41. The number of hydrogen-bond donors (Lipinski definition) is 0. The van der Waals surface area contributed by atoms with Crippen LogP contribution in [0.15, 0.2) is 59.5 Å². The van der Waals surface area contributed by atoms with Crippen molar-refractivity contribution in [1.82, 2.24) is 4.57 Å². The lowest BCUT2D eigenvalue weighted by Crippen LogP contribution is -2.19. The number of methoxy groups -OCH3 is 3. The summed E-state index contributed by atoms with van der Waals surface area (Å²) in [6.45, 7) is 0.340. The number of ether oxygens (including phenoxy) is 4. The Labute approximate surface area is 175 Å². The minimum absolute atomic E-state index is 0.236. The van der Waals surface area contributed by atoms with E-state index in [0.29, 0.717) is 35.2 Å². The average molecular weight is 405 g/mol. The lowest BCUT2D eigenvalue weighted by molar-refractivity contribution is 0.304. The summed E-state index contributed by atoms with van der Waals surface area (Å²) in [7, 11) is 6.29. The molecule has 0 aliphatic heterocycles. The third kappa shape index (κ3) is 4.58.